The number of aromatic nitrogens is 1. The summed E-state index contributed by atoms with van der Waals surface area (Å²) < 4.78 is 63.9. The molecule has 0 aliphatic carbocycles. The average Bonchev–Trinajstić information content (AvgIpc) is 2.42. The van der Waals surface area contributed by atoms with Crippen molar-refractivity contribution in [3.8, 4) is 0 Å². The fourth-order valence-corrected chi connectivity index (χ4v) is 2.69. The Kier molecular flexibility index (Phi) is 5.89. The SMILES string of the molecule is CCCCCNS(=O)(=O)c1cnc(C(F)(F)F)c(C(=O)O)c1. The molecule has 0 aliphatic rings. The highest BCUT2D eigenvalue weighted by Gasteiger charge is 2.38. The minimum atomic E-state index is -4.98. The molecule has 1 heterocycles. The van der Waals surface area contributed by atoms with Crippen LogP contribution in [0.3, 0.4) is 0 Å². The third-order valence-electron chi connectivity index (χ3n) is 2.74. The molecule has 0 spiro atoms. The largest absolute Gasteiger partial charge is 0.478 e. The number of pyridine rings is 1. The summed E-state index contributed by atoms with van der Waals surface area (Å²) in [6.07, 6.45) is -2.27. The molecule has 0 amide bonds. The predicted octanol–water partition coefficient (Wildman–Crippen LogP) is 2.27. The van der Waals surface area contributed by atoms with E-state index in [0.717, 1.165) is 12.8 Å². The third-order valence-corrected chi connectivity index (χ3v) is 4.17. The maximum Gasteiger partial charge on any atom is 0.434 e. The number of hydrogen-bond acceptors (Lipinski definition) is 4. The van der Waals surface area contributed by atoms with Gasteiger partial charge in [0.15, 0.2) is 5.69 Å². The van der Waals surface area contributed by atoms with Crippen molar-refractivity contribution in [1.82, 2.24) is 9.71 Å². The molecule has 10 heteroatoms. The van der Waals surface area contributed by atoms with Crippen LogP contribution in [0.15, 0.2) is 17.2 Å². The first-order valence-electron chi connectivity index (χ1n) is 6.39. The van der Waals surface area contributed by atoms with Crippen LogP contribution in [-0.4, -0.2) is 31.0 Å². The number of nitrogens with zero attached hydrogens (tertiary/aromatic N) is 1. The van der Waals surface area contributed by atoms with Gasteiger partial charge in [-0.05, 0) is 12.5 Å². The van der Waals surface area contributed by atoms with E-state index in [9.17, 15) is 26.4 Å². The highest BCUT2D eigenvalue weighted by Crippen LogP contribution is 2.31. The fraction of sp³-hybridized carbons (Fsp3) is 0.500. The van der Waals surface area contributed by atoms with Crippen LogP contribution < -0.4 is 4.72 Å². The van der Waals surface area contributed by atoms with E-state index < -0.39 is 38.3 Å². The first kappa shape index (κ1) is 18.4. The second-order valence-electron chi connectivity index (χ2n) is 4.47. The Hall–Kier alpha value is -1.68. The van der Waals surface area contributed by atoms with Gasteiger partial charge in [0.05, 0.1) is 5.56 Å². The molecule has 1 rings (SSSR count). The standard InChI is InChI=1S/C12H15F3N2O4S/c1-2-3-4-5-17-22(20,21)8-6-9(11(18)19)10(16-7-8)12(13,14)15/h6-7,17H,2-5H2,1H3,(H,18,19). The van der Waals surface area contributed by atoms with Gasteiger partial charge in [0.25, 0.3) is 0 Å². The van der Waals surface area contributed by atoms with Gasteiger partial charge >= 0.3 is 12.1 Å². The smallest absolute Gasteiger partial charge is 0.434 e. The number of unbranched alkanes of at least 4 members (excludes halogenated alkanes) is 2. The van der Waals surface area contributed by atoms with Gasteiger partial charge < -0.3 is 5.11 Å². The van der Waals surface area contributed by atoms with E-state index in [-0.39, 0.29) is 6.54 Å². The number of carboxylic acids is 1. The van der Waals surface area contributed by atoms with Crippen molar-refractivity contribution in [1.29, 1.82) is 0 Å². The summed E-state index contributed by atoms with van der Waals surface area (Å²) in [5.41, 5.74) is -2.84. The van der Waals surface area contributed by atoms with Gasteiger partial charge in [-0.25, -0.2) is 22.9 Å². The van der Waals surface area contributed by atoms with E-state index in [1.54, 1.807) is 0 Å². The summed E-state index contributed by atoms with van der Waals surface area (Å²) in [7, 11) is -4.10. The first-order valence-corrected chi connectivity index (χ1v) is 7.88. The first-order chi connectivity index (χ1) is 10.1. The van der Waals surface area contributed by atoms with Gasteiger partial charge in [-0.2, -0.15) is 13.2 Å². The average molecular weight is 340 g/mol. The Morgan fingerprint density at radius 1 is 1.36 bits per heavy atom. The maximum absolute atomic E-state index is 12.6. The van der Waals surface area contributed by atoms with Crippen molar-refractivity contribution in [2.24, 2.45) is 0 Å². The lowest BCUT2D eigenvalue weighted by atomic mass is 10.2. The molecule has 0 bridgehead atoms. The molecule has 0 fully saturated rings. The zero-order valence-corrected chi connectivity index (χ0v) is 12.5. The van der Waals surface area contributed by atoms with E-state index in [2.05, 4.69) is 9.71 Å². The molecule has 2 N–H and O–H groups in total. The Balaban J connectivity index is 3.11. The molecule has 0 radical (unpaired) electrons. The van der Waals surface area contributed by atoms with Gasteiger partial charge in [-0.3, -0.25) is 0 Å². The van der Waals surface area contributed by atoms with Gasteiger partial charge in [0.1, 0.15) is 4.90 Å². The number of carbonyl (C=O) groups is 1. The van der Waals surface area contributed by atoms with E-state index in [4.69, 9.17) is 5.11 Å². The van der Waals surface area contributed by atoms with Crippen molar-refractivity contribution in [2.45, 2.75) is 37.3 Å². The van der Waals surface area contributed by atoms with Gasteiger partial charge in [-0.15, -0.1) is 0 Å². The molecule has 0 saturated carbocycles. The van der Waals surface area contributed by atoms with Crippen molar-refractivity contribution in [3.05, 3.63) is 23.5 Å². The monoisotopic (exact) mass is 340 g/mol. The lowest BCUT2D eigenvalue weighted by molar-refractivity contribution is -0.141. The molecule has 0 atom stereocenters. The van der Waals surface area contributed by atoms with Crippen molar-refractivity contribution in [2.75, 3.05) is 6.54 Å². The summed E-state index contributed by atoms with van der Waals surface area (Å²) in [4.78, 5) is 13.2. The molecule has 1 aromatic heterocycles. The van der Waals surface area contributed by atoms with Crippen LogP contribution in [0.1, 0.15) is 42.2 Å². The molecule has 6 nitrogen and oxygen atoms in total. The molecular weight excluding hydrogens is 325 g/mol. The Bertz CT molecular complexity index is 644. The van der Waals surface area contributed by atoms with E-state index in [0.29, 0.717) is 18.7 Å². The Morgan fingerprint density at radius 3 is 2.50 bits per heavy atom. The van der Waals surface area contributed by atoms with Crippen molar-refractivity contribution in [3.63, 3.8) is 0 Å². The molecule has 0 aromatic carbocycles. The summed E-state index contributed by atoms with van der Waals surface area (Å²) in [6, 6.07) is 0.459. The van der Waals surface area contributed by atoms with Crippen LogP contribution in [0.5, 0.6) is 0 Å². The van der Waals surface area contributed by atoms with Crippen LogP contribution in [0.4, 0.5) is 13.2 Å². The normalized spacial score (nSPS) is 12.4. The quantitative estimate of drug-likeness (QED) is 0.742. The summed E-state index contributed by atoms with van der Waals surface area (Å²) in [5.74, 6) is -1.90. The minimum Gasteiger partial charge on any atom is -0.478 e. The number of nitrogens with one attached hydrogen (secondary N) is 1. The highest BCUT2D eigenvalue weighted by atomic mass is 32.2. The highest BCUT2D eigenvalue weighted by molar-refractivity contribution is 7.89. The number of halogens is 3. The van der Waals surface area contributed by atoms with Gasteiger partial charge in [0.2, 0.25) is 10.0 Å². The number of hydrogen-bond donors (Lipinski definition) is 2. The zero-order chi connectivity index (χ0) is 17.0. The lowest BCUT2D eigenvalue weighted by Gasteiger charge is -2.11. The van der Waals surface area contributed by atoms with Gasteiger partial charge in [-0.1, -0.05) is 19.8 Å². The van der Waals surface area contributed by atoms with Gasteiger partial charge in [0, 0.05) is 12.7 Å². The van der Waals surface area contributed by atoms with E-state index >= 15 is 0 Å². The second kappa shape index (κ2) is 7.05. The van der Waals surface area contributed by atoms with E-state index in [1.165, 1.54) is 0 Å². The third kappa shape index (κ3) is 4.67. The molecule has 22 heavy (non-hydrogen) atoms. The summed E-state index contributed by atoms with van der Waals surface area (Å²) in [5, 5.41) is 8.81. The molecule has 0 aliphatic heterocycles. The molecule has 0 unspecified atom stereocenters. The predicted molar refractivity (Wildman–Crippen MR) is 70.9 cm³/mol. The molecule has 124 valence electrons. The van der Waals surface area contributed by atoms with Crippen LogP contribution in [0, 0.1) is 0 Å². The summed E-state index contributed by atoms with van der Waals surface area (Å²) >= 11 is 0. The summed E-state index contributed by atoms with van der Waals surface area (Å²) in [6.45, 7) is 2.03. The van der Waals surface area contributed by atoms with E-state index in [1.807, 2.05) is 6.92 Å². The number of rotatable bonds is 7. The number of aromatic carboxylic acids is 1. The molecular formula is C12H15F3N2O4S. The van der Waals surface area contributed by atoms with Crippen molar-refractivity contribution < 1.29 is 31.5 Å². The molecule has 1 aromatic rings. The van der Waals surface area contributed by atoms with Crippen LogP contribution >= 0.6 is 0 Å². The number of sulfonamides is 1. The molecule has 0 saturated heterocycles. The Labute approximate surface area is 125 Å². The van der Waals surface area contributed by atoms with Crippen LogP contribution in [0.25, 0.3) is 0 Å². The van der Waals surface area contributed by atoms with Crippen molar-refractivity contribution >= 4 is 16.0 Å². The van der Waals surface area contributed by atoms with Crippen LogP contribution in [0.2, 0.25) is 0 Å². The minimum absolute atomic E-state index is 0.111. The maximum atomic E-state index is 12.6. The lowest BCUT2D eigenvalue weighted by Crippen LogP contribution is -2.26. The topological polar surface area (TPSA) is 96.4 Å². The van der Waals surface area contributed by atoms with Crippen LogP contribution in [-0.2, 0) is 16.2 Å². The number of alkyl halides is 3. The fourth-order valence-electron chi connectivity index (χ4n) is 1.65. The second-order valence-corrected chi connectivity index (χ2v) is 6.24. The zero-order valence-electron chi connectivity index (χ0n) is 11.6. The number of carboxylic acid groups (broad SMARTS) is 1. The Morgan fingerprint density at radius 2 is 2.00 bits per heavy atom.